The van der Waals surface area contributed by atoms with Crippen molar-refractivity contribution in [3.8, 4) is 0 Å². The summed E-state index contributed by atoms with van der Waals surface area (Å²) >= 11 is 12.0. The summed E-state index contributed by atoms with van der Waals surface area (Å²) in [7, 11) is 1.39. The minimum absolute atomic E-state index is 0.0842. The molecular formula is C13H17Cl2N3O2. The molecule has 0 fully saturated rings. The first-order valence-corrected chi connectivity index (χ1v) is 7.27. The highest BCUT2D eigenvalue weighted by Gasteiger charge is 2.34. The Balaban J connectivity index is 2.47. The number of rotatable bonds is 3. The minimum atomic E-state index is -0.402. The zero-order valence-corrected chi connectivity index (χ0v) is 13.2. The molecule has 0 spiro atoms. The molecule has 1 unspecified atom stereocenters. The molecule has 0 aromatic carbocycles. The highest BCUT2D eigenvalue weighted by atomic mass is 35.5. The highest BCUT2D eigenvalue weighted by molar-refractivity contribution is 6.32. The van der Waals surface area contributed by atoms with E-state index in [1.165, 1.54) is 7.11 Å². The van der Waals surface area contributed by atoms with Crippen molar-refractivity contribution in [1.29, 1.82) is 0 Å². The predicted molar refractivity (Wildman–Crippen MR) is 78.4 cm³/mol. The monoisotopic (exact) mass is 317 g/mol. The number of carbonyl (C=O) groups excluding carboxylic acids is 1. The Kier molecular flexibility index (Phi) is 4.70. The third kappa shape index (κ3) is 2.83. The lowest BCUT2D eigenvalue weighted by atomic mass is 9.98. The Morgan fingerprint density at radius 2 is 2.05 bits per heavy atom. The average molecular weight is 318 g/mol. The molecule has 0 saturated carbocycles. The van der Waals surface area contributed by atoms with E-state index >= 15 is 0 Å². The maximum Gasteiger partial charge on any atom is 0.328 e. The van der Waals surface area contributed by atoms with Crippen LogP contribution >= 0.6 is 23.2 Å². The van der Waals surface area contributed by atoms with Crippen molar-refractivity contribution < 1.29 is 9.53 Å². The van der Waals surface area contributed by atoms with Crippen molar-refractivity contribution in [3.05, 3.63) is 16.0 Å². The first-order valence-electron chi connectivity index (χ1n) is 6.52. The molecule has 0 radical (unpaired) electrons. The van der Waals surface area contributed by atoms with E-state index < -0.39 is 6.04 Å². The number of methoxy groups -OCH3 is 1. The maximum atomic E-state index is 12.1. The second-order valence-corrected chi connectivity index (χ2v) is 5.79. The first kappa shape index (κ1) is 15.3. The van der Waals surface area contributed by atoms with E-state index in [9.17, 15) is 4.79 Å². The molecule has 0 N–H and O–H groups in total. The van der Waals surface area contributed by atoms with E-state index in [0.717, 1.165) is 18.4 Å². The fourth-order valence-corrected chi connectivity index (χ4v) is 3.02. The lowest BCUT2D eigenvalue weighted by molar-refractivity contribution is -0.143. The number of halogens is 2. The van der Waals surface area contributed by atoms with Crippen molar-refractivity contribution in [2.45, 2.75) is 32.7 Å². The van der Waals surface area contributed by atoms with Crippen LogP contribution < -0.4 is 4.90 Å². The lowest BCUT2D eigenvalue weighted by Gasteiger charge is -2.37. The summed E-state index contributed by atoms with van der Waals surface area (Å²) in [6, 6.07) is -0.402. The normalized spacial score (nSPS) is 16.0. The number of carbonyl (C=O) groups is 1. The molecule has 5 nitrogen and oxygen atoms in total. The smallest absolute Gasteiger partial charge is 0.328 e. The van der Waals surface area contributed by atoms with Crippen LogP contribution in [0.25, 0.3) is 0 Å². The Hall–Kier alpha value is -1.07. The van der Waals surface area contributed by atoms with E-state index in [-0.39, 0.29) is 17.2 Å². The van der Waals surface area contributed by atoms with Crippen LogP contribution in [0.3, 0.4) is 0 Å². The van der Waals surface area contributed by atoms with Gasteiger partial charge in [-0.1, -0.05) is 25.4 Å². The van der Waals surface area contributed by atoms with Crippen LogP contribution in [-0.2, 0) is 16.0 Å². The zero-order valence-electron chi connectivity index (χ0n) is 11.7. The zero-order chi connectivity index (χ0) is 14.9. The number of esters is 1. The Labute approximate surface area is 128 Å². The summed E-state index contributed by atoms with van der Waals surface area (Å²) in [5.74, 6) is 0.449. The number of hydrogen-bond acceptors (Lipinski definition) is 5. The minimum Gasteiger partial charge on any atom is -0.467 e. The van der Waals surface area contributed by atoms with E-state index in [4.69, 9.17) is 27.9 Å². The van der Waals surface area contributed by atoms with Crippen LogP contribution in [0.4, 0.5) is 5.82 Å². The molecule has 0 aliphatic carbocycles. The topological polar surface area (TPSA) is 55.3 Å². The molecule has 0 amide bonds. The van der Waals surface area contributed by atoms with Gasteiger partial charge in [-0.25, -0.2) is 14.8 Å². The second kappa shape index (κ2) is 6.14. The van der Waals surface area contributed by atoms with Gasteiger partial charge in [0.05, 0.1) is 7.11 Å². The number of nitrogens with zero attached hydrogens (tertiary/aromatic N) is 3. The van der Waals surface area contributed by atoms with Gasteiger partial charge >= 0.3 is 5.97 Å². The average Bonchev–Trinajstić information content (AvgIpc) is 2.39. The van der Waals surface area contributed by atoms with E-state index in [1.54, 1.807) is 0 Å². The molecule has 7 heteroatoms. The molecule has 0 bridgehead atoms. The molecule has 20 heavy (non-hydrogen) atoms. The summed E-state index contributed by atoms with van der Waals surface area (Å²) in [5, 5.41) is 0.449. The van der Waals surface area contributed by atoms with Crippen LogP contribution in [0.1, 0.15) is 25.8 Å². The summed E-state index contributed by atoms with van der Waals surface area (Å²) in [6.45, 7) is 4.66. The third-order valence-electron chi connectivity index (χ3n) is 3.42. The van der Waals surface area contributed by atoms with Gasteiger partial charge in [-0.05, 0) is 30.4 Å². The van der Waals surface area contributed by atoms with Gasteiger partial charge in [-0.3, -0.25) is 0 Å². The van der Waals surface area contributed by atoms with E-state index in [2.05, 4.69) is 9.97 Å². The Morgan fingerprint density at radius 1 is 1.35 bits per heavy atom. The third-order valence-corrected chi connectivity index (χ3v) is 3.90. The molecule has 1 aliphatic rings. The summed E-state index contributed by atoms with van der Waals surface area (Å²) in [4.78, 5) is 22.2. The van der Waals surface area contributed by atoms with Gasteiger partial charge in [-0.2, -0.15) is 0 Å². The highest BCUT2D eigenvalue weighted by Crippen LogP contribution is 2.33. The fraction of sp³-hybridized carbons (Fsp3) is 0.615. The first-order chi connectivity index (χ1) is 9.45. The number of aromatic nitrogens is 2. The van der Waals surface area contributed by atoms with Crippen molar-refractivity contribution in [1.82, 2.24) is 9.97 Å². The van der Waals surface area contributed by atoms with Gasteiger partial charge in [0.2, 0.25) is 5.28 Å². The van der Waals surface area contributed by atoms with Gasteiger partial charge in [0.25, 0.3) is 0 Å². The number of fused-ring (bicyclic) bond motifs is 1. The number of ether oxygens (including phenoxy) is 1. The van der Waals surface area contributed by atoms with Gasteiger partial charge < -0.3 is 9.64 Å². The maximum absolute atomic E-state index is 12.1. The van der Waals surface area contributed by atoms with E-state index in [1.807, 2.05) is 18.7 Å². The van der Waals surface area contributed by atoms with Crippen LogP contribution in [0.2, 0.25) is 10.4 Å². The molecule has 1 aromatic rings. The Morgan fingerprint density at radius 3 is 2.65 bits per heavy atom. The summed E-state index contributed by atoms with van der Waals surface area (Å²) in [5.41, 5.74) is 0.844. The molecule has 2 heterocycles. The molecular weight excluding hydrogens is 301 g/mol. The molecule has 1 aliphatic heterocycles. The van der Waals surface area contributed by atoms with Crippen molar-refractivity contribution in [3.63, 3.8) is 0 Å². The quantitative estimate of drug-likeness (QED) is 0.487. The standard InChI is InChI=1S/C13H17Cl2N3O2/c1-7(2)9(12(19)20-3)18-6-4-5-8-10(14)16-13(15)17-11(8)18/h7,9H,4-6H2,1-3H3. The van der Waals surface area contributed by atoms with Gasteiger partial charge in [0.1, 0.15) is 17.0 Å². The van der Waals surface area contributed by atoms with Crippen molar-refractivity contribution >= 4 is 35.0 Å². The molecule has 0 saturated heterocycles. The predicted octanol–water partition coefficient (Wildman–Crippen LogP) is 2.73. The molecule has 110 valence electrons. The van der Waals surface area contributed by atoms with Gasteiger partial charge in [0, 0.05) is 12.1 Å². The second-order valence-electron chi connectivity index (χ2n) is 5.09. The van der Waals surface area contributed by atoms with Crippen molar-refractivity contribution in [2.75, 3.05) is 18.6 Å². The van der Waals surface area contributed by atoms with Gasteiger partial charge in [-0.15, -0.1) is 0 Å². The molecule has 1 atom stereocenters. The number of hydrogen-bond donors (Lipinski definition) is 0. The largest absolute Gasteiger partial charge is 0.467 e. The van der Waals surface area contributed by atoms with E-state index in [0.29, 0.717) is 17.5 Å². The van der Waals surface area contributed by atoms with Crippen LogP contribution in [0.15, 0.2) is 0 Å². The lowest BCUT2D eigenvalue weighted by Crippen LogP contribution is -2.48. The molecule has 2 rings (SSSR count). The van der Waals surface area contributed by atoms with Gasteiger partial charge in [0.15, 0.2) is 0 Å². The van der Waals surface area contributed by atoms with Crippen LogP contribution in [-0.4, -0.2) is 35.6 Å². The summed E-state index contributed by atoms with van der Waals surface area (Å²) in [6.07, 6.45) is 1.67. The SMILES string of the molecule is COC(=O)C(C(C)C)N1CCCc2c(Cl)nc(Cl)nc21. The summed E-state index contributed by atoms with van der Waals surface area (Å²) < 4.78 is 4.91. The fourth-order valence-electron chi connectivity index (χ4n) is 2.56. The van der Waals surface area contributed by atoms with Crippen LogP contribution in [0.5, 0.6) is 0 Å². The van der Waals surface area contributed by atoms with Crippen molar-refractivity contribution in [2.24, 2.45) is 5.92 Å². The Bertz CT molecular complexity index is 523. The molecule has 1 aromatic heterocycles. The number of anilines is 1. The van der Waals surface area contributed by atoms with Crippen LogP contribution in [0, 0.1) is 5.92 Å².